The molecule has 0 saturated heterocycles. The number of hydrogen-bond donors (Lipinski definition) is 5. The highest BCUT2D eigenvalue weighted by atomic mass is 16.5. The maximum Gasteiger partial charge on any atom is 0.305 e. The molecule has 0 saturated carbocycles. The highest BCUT2D eigenvalue weighted by molar-refractivity contribution is 5.69. The predicted molar refractivity (Wildman–Crippen MR) is 140 cm³/mol. The van der Waals surface area contributed by atoms with Crippen LogP contribution in [-0.4, -0.2) is 69.1 Å². The molecule has 0 aliphatic carbocycles. The summed E-state index contributed by atoms with van der Waals surface area (Å²) in [5.74, 6) is -0.458. The van der Waals surface area contributed by atoms with Crippen molar-refractivity contribution in [1.29, 1.82) is 0 Å². The molecule has 0 aromatic rings. The summed E-state index contributed by atoms with van der Waals surface area (Å²) in [7, 11) is 0. The van der Waals surface area contributed by atoms with E-state index in [0.29, 0.717) is 0 Å². The third-order valence-corrected chi connectivity index (χ3v) is 6.72. The minimum atomic E-state index is -1.71. The predicted octanol–water partition coefficient (Wildman–Crippen LogP) is 4.79. The van der Waals surface area contributed by atoms with Crippen LogP contribution in [0.3, 0.4) is 0 Å². The summed E-state index contributed by atoms with van der Waals surface area (Å²) in [5.41, 5.74) is 0. The Bertz CT molecular complexity index is 461. The van der Waals surface area contributed by atoms with Crippen LogP contribution in [0.25, 0.3) is 0 Å². The van der Waals surface area contributed by atoms with Crippen molar-refractivity contribution in [2.75, 3.05) is 13.2 Å². The van der Waals surface area contributed by atoms with E-state index < -0.39 is 43.6 Å². The van der Waals surface area contributed by atoms with E-state index >= 15 is 0 Å². The average Bonchev–Trinajstić information content (AvgIpc) is 2.87. The van der Waals surface area contributed by atoms with Crippen molar-refractivity contribution in [2.45, 2.75) is 160 Å². The van der Waals surface area contributed by atoms with Crippen LogP contribution in [0.2, 0.25) is 0 Å². The molecule has 0 aliphatic rings. The number of aliphatic hydroxyl groups excluding tert-OH is 5. The van der Waals surface area contributed by atoms with Crippen molar-refractivity contribution < 1.29 is 35.1 Å². The summed E-state index contributed by atoms with van der Waals surface area (Å²) in [6.07, 6.45) is 18.3. The molecule has 0 bridgehead atoms. The number of carbonyl (C=O) groups is 1. The number of carbonyl (C=O) groups excluding carboxylic acids is 1. The highest BCUT2D eigenvalue weighted by Crippen LogP contribution is 2.15. The molecule has 0 spiro atoms. The summed E-state index contributed by atoms with van der Waals surface area (Å²) in [6.45, 7) is 1.06. The molecule has 0 fully saturated rings. The lowest BCUT2D eigenvalue weighted by molar-refractivity contribution is -0.156. The molecule has 0 amide bonds. The largest absolute Gasteiger partial charge is 0.463 e. The lowest BCUT2D eigenvalue weighted by atomic mass is 10.0. The second kappa shape index (κ2) is 24.9. The lowest BCUT2D eigenvalue weighted by Gasteiger charge is -2.25. The molecule has 7 nitrogen and oxygen atoms in total. The molecule has 0 aromatic carbocycles. The Morgan fingerprint density at radius 1 is 0.571 bits per heavy atom. The fourth-order valence-electron chi connectivity index (χ4n) is 4.26. The van der Waals surface area contributed by atoms with Crippen molar-refractivity contribution in [1.82, 2.24) is 0 Å². The standard InChI is InChI=1S/C28H56O7/c1-2-3-4-5-6-7-8-9-10-11-12-13-14-15-16-17-18-19-20-21-26(32)35-23-25(31)28(34)27(33)24(30)22-29/h24-25,27-31,33-34H,2-23H2,1H3/t24-,25+,27-,28-/m1/s1. The van der Waals surface area contributed by atoms with Gasteiger partial charge in [-0.05, 0) is 6.42 Å². The van der Waals surface area contributed by atoms with Crippen LogP contribution in [0.15, 0.2) is 0 Å². The van der Waals surface area contributed by atoms with Gasteiger partial charge in [-0.2, -0.15) is 0 Å². The number of esters is 1. The Morgan fingerprint density at radius 3 is 1.29 bits per heavy atom. The number of aliphatic hydroxyl groups is 5. The summed E-state index contributed by atoms with van der Waals surface area (Å²) in [6, 6.07) is 0. The molecule has 0 rings (SSSR count). The van der Waals surface area contributed by atoms with E-state index in [1.165, 1.54) is 103 Å². The molecule has 210 valence electrons. The molecule has 0 unspecified atom stereocenters. The summed E-state index contributed by atoms with van der Waals surface area (Å²) in [4.78, 5) is 11.7. The molecule has 0 radical (unpaired) electrons. The first-order chi connectivity index (χ1) is 16.9. The zero-order valence-electron chi connectivity index (χ0n) is 22.4. The van der Waals surface area contributed by atoms with E-state index in [0.717, 1.165) is 19.3 Å². The summed E-state index contributed by atoms with van der Waals surface area (Å²) >= 11 is 0. The van der Waals surface area contributed by atoms with Crippen LogP contribution >= 0.6 is 0 Å². The van der Waals surface area contributed by atoms with Gasteiger partial charge in [-0.1, -0.05) is 122 Å². The first-order valence-electron chi connectivity index (χ1n) is 14.4. The second-order valence-corrected chi connectivity index (χ2v) is 10.1. The van der Waals surface area contributed by atoms with Gasteiger partial charge in [0.15, 0.2) is 0 Å². The highest BCUT2D eigenvalue weighted by Gasteiger charge is 2.30. The molecule has 7 heteroatoms. The molecule has 0 aliphatic heterocycles. The summed E-state index contributed by atoms with van der Waals surface area (Å²) in [5, 5.41) is 47.0. The Labute approximate surface area is 214 Å². The Hall–Kier alpha value is -0.730. The van der Waals surface area contributed by atoms with Gasteiger partial charge in [-0.3, -0.25) is 4.79 Å². The average molecular weight is 505 g/mol. The number of hydrogen-bond acceptors (Lipinski definition) is 7. The van der Waals surface area contributed by atoms with Crippen molar-refractivity contribution in [3.05, 3.63) is 0 Å². The van der Waals surface area contributed by atoms with Crippen LogP contribution in [0, 0.1) is 0 Å². The summed E-state index contributed by atoms with van der Waals surface area (Å²) < 4.78 is 4.92. The fraction of sp³-hybridized carbons (Fsp3) is 0.964. The SMILES string of the molecule is CCCCCCCCCCCCCCCCCCCCCC(=O)OC[C@H](O)[C@@H](O)[C@H](O)[C@H](O)CO. The smallest absolute Gasteiger partial charge is 0.305 e. The maximum absolute atomic E-state index is 11.7. The monoisotopic (exact) mass is 504 g/mol. The first-order valence-corrected chi connectivity index (χ1v) is 14.4. The Morgan fingerprint density at radius 2 is 0.914 bits per heavy atom. The van der Waals surface area contributed by atoms with Crippen molar-refractivity contribution in [3.63, 3.8) is 0 Å². The van der Waals surface area contributed by atoms with Crippen LogP contribution in [-0.2, 0) is 9.53 Å². The Kier molecular flexibility index (Phi) is 24.4. The second-order valence-electron chi connectivity index (χ2n) is 10.1. The van der Waals surface area contributed by atoms with E-state index in [1.54, 1.807) is 0 Å². The Balaban J connectivity index is 3.38. The van der Waals surface area contributed by atoms with Gasteiger partial charge in [0.25, 0.3) is 0 Å². The van der Waals surface area contributed by atoms with E-state index in [9.17, 15) is 25.2 Å². The van der Waals surface area contributed by atoms with Gasteiger partial charge in [-0.15, -0.1) is 0 Å². The minimum absolute atomic E-state index is 0.253. The maximum atomic E-state index is 11.7. The van der Waals surface area contributed by atoms with Crippen LogP contribution < -0.4 is 0 Å². The van der Waals surface area contributed by atoms with Crippen molar-refractivity contribution in [3.8, 4) is 0 Å². The number of rotatable bonds is 26. The van der Waals surface area contributed by atoms with E-state index in [1.807, 2.05) is 0 Å². The van der Waals surface area contributed by atoms with E-state index in [4.69, 9.17) is 9.84 Å². The molecular formula is C28H56O7. The quantitative estimate of drug-likeness (QED) is 0.0846. The number of ether oxygens (including phenoxy) is 1. The van der Waals surface area contributed by atoms with Crippen LogP contribution in [0.1, 0.15) is 135 Å². The van der Waals surface area contributed by atoms with Gasteiger partial charge in [0.2, 0.25) is 0 Å². The third kappa shape index (κ3) is 21.1. The van der Waals surface area contributed by atoms with Crippen molar-refractivity contribution in [2.24, 2.45) is 0 Å². The zero-order valence-corrected chi connectivity index (χ0v) is 22.4. The van der Waals surface area contributed by atoms with Crippen LogP contribution in [0.5, 0.6) is 0 Å². The zero-order chi connectivity index (χ0) is 26.2. The normalized spacial score (nSPS) is 15.0. The van der Waals surface area contributed by atoms with Gasteiger partial charge in [-0.25, -0.2) is 0 Å². The van der Waals surface area contributed by atoms with Gasteiger partial charge in [0, 0.05) is 6.42 Å². The van der Waals surface area contributed by atoms with Gasteiger partial charge >= 0.3 is 5.97 Å². The van der Waals surface area contributed by atoms with Gasteiger partial charge in [0.05, 0.1) is 6.61 Å². The van der Waals surface area contributed by atoms with E-state index in [2.05, 4.69) is 6.92 Å². The van der Waals surface area contributed by atoms with Crippen LogP contribution in [0.4, 0.5) is 0 Å². The minimum Gasteiger partial charge on any atom is -0.463 e. The number of unbranched alkanes of at least 4 members (excludes halogenated alkanes) is 18. The topological polar surface area (TPSA) is 127 Å². The van der Waals surface area contributed by atoms with Crippen molar-refractivity contribution >= 4 is 5.97 Å². The van der Waals surface area contributed by atoms with Gasteiger partial charge < -0.3 is 30.3 Å². The van der Waals surface area contributed by atoms with Gasteiger partial charge in [0.1, 0.15) is 31.0 Å². The first kappa shape index (κ1) is 34.3. The molecule has 0 aromatic heterocycles. The molecule has 35 heavy (non-hydrogen) atoms. The third-order valence-electron chi connectivity index (χ3n) is 6.72. The van der Waals surface area contributed by atoms with E-state index in [-0.39, 0.29) is 6.42 Å². The molecule has 0 heterocycles. The molecular weight excluding hydrogens is 448 g/mol. The lowest BCUT2D eigenvalue weighted by Crippen LogP contribution is -2.47. The molecule has 4 atom stereocenters. The fourth-order valence-corrected chi connectivity index (χ4v) is 4.26. The molecule has 5 N–H and O–H groups in total.